The van der Waals surface area contributed by atoms with Gasteiger partial charge in [0.15, 0.2) is 17.9 Å². The van der Waals surface area contributed by atoms with Crippen molar-refractivity contribution in [3.63, 3.8) is 0 Å². The van der Waals surface area contributed by atoms with Gasteiger partial charge in [-0.3, -0.25) is 10.7 Å². The first-order valence-electron chi connectivity index (χ1n) is 8.83. The van der Waals surface area contributed by atoms with Crippen molar-refractivity contribution < 1.29 is 23.4 Å². The summed E-state index contributed by atoms with van der Waals surface area (Å²) in [5.74, 6) is -1.88. The molecule has 29 heavy (non-hydrogen) atoms. The molecule has 8 nitrogen and oxygen atoms in total. The molecular weight excluding hydrogens is 384 g/mol. The molecule has 4 N–H and O–H groups in total. The molecule has 0 radical (unpaired) electrons. The van der Waals surface area contributed by atoms with Gasteiger partial charge in [0.25, 0.3) is 0 Å². The van der Waals surface area contributed by atoms with Crippen LogP contribution in [0.25, 0.3) is 11.0 Å². The number of hydrogen-bond acceptors (Lipinski definition) is 6. The minimum Gasteiger partial charge on any atom is -0.450 e. The Kier molecular flexibility index (Phi) is 4.63. The summed E-state index contributed by atoms with van der Waals surface area (Å²) < 4.78 is 32.3. The zero-order valence-electron chi connectivity index (χ0n) is 15.5. The van der Waals surface area contributed by atoms with Crippen molar-refractivity contribution in [1.82, 2.24) is 15.4 Å². The second kappa shape index (κ2) is 7.13. The van der Waals surface area contributed by atoms with Crippen LogP contribution in [-0.4, -0.2) is 33.5 Å². The molecular formula is C19H17F2N5O3. The van der Waals surface area contributed by atoms with Crippen LogP contribution in [0.3, 0.4) is 0 Å². The van der Waals surface area contributed by atoms with Crippen LogP contribution in [0.1, 0.15) is 35.4 Å². The lowest BCUT2D eigenvalue weighted by Gasteiger charge is -2.23. The lowest BCUT2D eigenvalue weighted by atomic mass is 9.92. The van der Waals surface area contributed by atoms with Crippen LogP contribution >= 0.6 is 0 Å². The maximum atomic E-state index is 13.9. The highest BCUT2D eigenvalue weighted by atomic mass is 19.2. The Morgan fingerprint density at radius 1 is 1.28 bits per heavy atom. The van der Waals surface area contributed by atoms with Crippen molar-refractivity contribution in [2.24, 2.45) is 5.10 Å². The molecule has 2 heterocycles. The summed E-state index contributed by atoms with van der Waals surface area (Å²) in [6, 6.07) is 5.43. The van der Waals surface area contributed by atoms with Gasteiger partial charge in [-0.1, -0.05) is 6.07 Å². The fraction of sp³-hybridized carbons (Fsp3) is 0.211. The number of aliphatic hydroxyl groups excluding tert-OH is 1. The predicted octanol–water partition coefficient (Wildman–Crippen LogP) is 3.06. The van der Waals surface area contributed by atoms with Crippen LogP contribution in [0.4, 0.5) is 19.5 Å². The van der Waals surface area contributed by atoms with Gasteiger partial charge in [0.1, 0.15) is 0 Å². The van der Waals surface area contributed by atoms with E-state index in [2.05, 4.69) is 25.8 Å². The molecule has 1 aromatic heterocycles. The summed E-state index contributed by atoms with van der Waals surface area (Å²) in [5, 5.41) is 16.7. The van der Waals surface area contributed by atoms with Crippen LogP contribution in [0.2, 0.25) is 0 Å². The number of nitrogens with one attached hydrogen (secondary N) is 3. The Morgan fingerprint density at radius 2 is 2.03 bits per heavy atom. The Labute approximate surface area is 163 Å². The number of aromatic amines is 1. The van der Waals surface area contributed by atoms with Crippen molar-refractivity contribution >= 4 is 28.8 Å². The molecule has 1 aliphatic rings. The lowest BCUT2D eigenvalue weighted by molar-refractivity contribution is 0.138. The van der Waals surface area contributed by atoms with E-state index < -0.39 is 24.0 Å². The normalized spacial score (nSPS) is 15.5. The van der Waals surface area contributed by atoms with E-state index in [-0.39, 0.29) is 23.7 Å². The van der Waals surface area contributed by atoms with E-state index in [0.29, 0.717) is 27.9 Å². The largest absolute Gasteiger partial charge is 0.450 e. The molecule has 4 rings (SSSR count). The first-order valence-corrected chi connectivity index (χ1v) is 8.83. The first-order chi connectivity index (χ1) is 13.9. The summed E-state index contributed by atoms with van der Waals surface area (Å²) in [5.41, 5.74) is 5.83. The number of aryl methyl sites for hydroxylation is 1. The number of benzene rings is 2. The Balaban J connectivity index is 1.78. The Hall–Kier alpha value is -3.53. The van der Waals surface area contributed by atoms with Gasteiger partial charge in [-0.2, -0.15) is 5.10 Å². The standard InChI is InChI=1S/C19H17F2N5O3/c1-3-29-19(28)24-18-22-14-5-4-9(8(2)15(14)23-18)16-10-6-12(20)13(21)7-11(10)17(27)26-25-16/h4-7,17,26-27H,3H2,1-2H3,(H2,22,23,24,28). The van der Waals surface area contributed by atoms with E-state index in [1.54, 1.807) is 26.0 Å². The summed E-state index contributed by atoms with van der Waals surface area (Å²) in [7, 11) is 0. The minimum atomic E-state index is -1.25. The smallest absolute Gasteiger partial charge is 0.413 e. The van der Waals surface area contributed by atoms with Crippen LogP contribution in [0.15, 0.2) is 29.4 Å². The minimum absolute atomic E-state index is 0.181. The molecule has 0 spiro atoms. The highest BCUT2D eigenvalue weighted by molar-refractivity contribution is 6.16. The van der Waals surface area contributed by atoms with E-state index in [9.17, 15) is 18.7 Å². The third-order valence-corrected chi connectivity index (χ3v) is 4.60. The number of halogens is 2. The molecule has 0 aliphatic carbocycles. The van der Waals surface area contributed by atoms with Gasteiger partial charge in [-0.25, -0.2) is 18.6 Å². The molecule has 0 saturated heterocycles. The number of hydrazone groups is 1. The third kappa shape index (κ3) is 3.27. The van der Waals surface area contributed by atoms with E-state index in [0.717, 1.165) is 12.1 Å². The van der Waals surface area contributed by atoms with Gasteiger partial charge < -0.3 is 14.8 Å². The molecule has 0 bridgehead atoms. The average Bonchev–Trinajstić information content (AvgIpc) is 3.08. The Bertz CT molecular complexity index is 1160. The molecule has 0 fully saturated rings. The van der Waals surface area contributed by atoms with E-state index in [1.807, 2.05) is 0 Å². The summed E-state index contributed by atoms with van der Waals surface area (Å²) >= 11 is 0. The molecule has 0 saturated carbocycles. The number of fused-ring (bicyclic) bond motifs is 2. The van der Waals surface area contributed by atoms with Crippen molar-refractivity contribution in [3.8, 4) is 0 Å². The van der Waals surface area contributed by atoms with Crippen LogP contribution in [0.5, 0.6) is 0 Å². The fourth-order valence-electron chi connectivity index (χ4n) is 3.25. The SMILES string of the molecule is CCOC(=O)Nc1nc2c(C)c(C3=NNC(O)c4cc(F)c(F)cc43)ccc2[nH]1. The molecule has 10 heteroatoms. The fourth-order valence-corrected chi connectivity index (χ4v) is 3.25. The zero-order chi connectivity index (χ0) is 20.7. The third-order valence-electron chi connectivity index (χ3n) is 4.60. The van der Waals surface area contributed by atoms with Crippen LogP contribution in [0, 0.1) is 18.6 Å². The van der Waals surface area contributed by atoms with Gasteiger partial charge in [0.05, 0.1) is 23.4 Å². The Morgan fingerprint density at radius 3 is 2.79 bits per heavy atom. The number of anilines is 1. The number of carbonyl (C=O) groups excluding carboxylic acids is 1. The maximum Gasteiger partial charge on any atom is 0.413 e. The number of amides is 1. The monoisotopic (exact) mass is 401 g/mol. The highest BCUT2D eigenvalue weighted by Gasteiger charge is 2.26. The van der Waals surface area contributed by atoms with E-state index >= 15 is 0 Å². The molecule has 1 atom stereocenters. The predicted molar refractivity (Wildman–Crippen MR) is 102 cm³/mol. The number of nitrogens with zero attached hydrogens (tertiary/aromatic N) is 2. The summed E-state index contributed by atoms with van der Waals surface area (Å²) in [4.78, 5) is 18.9. The first kappa shape index (κ1) is 18.8. The molecule has 1 amide bonds. The zero-order valence-corrected chi connectivity index (χ0v) is 15.5. The van der Waals surface area contributed by atoms with Crippen molar-refractivity contribution in [2.45, 2.75) is 20.1 Å². The van der Waals surface area contributed by atoms with Crippen LogP contribution in [-0.2, 0) is 4.74 Å². The molecule has 2 aromatic carbocycles. The quantitative estimate of drug-likeness (QED) is 0.539. The molecule has 150 valence electrons. The van der Waals surface area contributed by atoms with Crippen molar-refractivity contribution in [2.75, 3.05) is 11.9 Å². The number of aromatic nitrogens is 2. The van der Waals surface area contributed by atoms with E-state index in [1.165, 1.54) is 0 Å². The molecule has 1 aliphatic heterocycles. The number of carbonyl (C=O) groups is 1. The van der Waals surface area contributed by atoms with Crippen LogP contribution < -0.4 is 10.7 Å². The van der Waals surface area contributed by atoms with Gasteiger partial charge in [-0.15, -0.1) is 0 Å². The highest BCUT2D eigenvalue weighted by Crippen LogP contribution is 2.30. The van der Waals surface area contributed by atoms with Crippen molar-refractivity contribution in [1.29, 1.82) is 0 Å². The van der Waals surface area contributed by atoms with E-state index in [4.69, 9.17) is 4.74 Å². The number of hydrogen-bond donors (Lipinski definition) is 4. The number of rotatable bonds is 3. The average molecular weight is 401 g/mol. The number of aliphatic hydroxyl groups is 1. The molecule has 1 unspecified atom stereocenters. The second-order valence-corrected chi connectivity index (χ2v) is 6.41. The molecule has 3 aromatic rings. The topological polar surface area (TPSA) is 112 Å². The van der Waals surface area contributed by atoms with Gasteiger partial charge >= 0.3 is 6.09 Å². The number of imidazole rings is 1. The lowest BCUT2D eigenvalue weighted by Crippen LogP contribution is -2.27. The maximum absolute atomic E-state index is 13.9. The second-order valence-electron chi connectivity index (χ2n) is 6.41. The van der Waals surface area contributed by atoms with Gasteiger partial charge in [0, 0.05) is 16.7 Å². The number of H-pyrrole nitrogens is 1. The van der Waals surface area contributed by atoms with Gasteiger partial charge in [0.2, 0.25) is 5.95 Å². The summed E-state index contributed by atoms with van der Waals surface area (Å²) in [6.07, 6.45) is -1.88. The summed E-state index contributed by atoms with van der Waals surface area (Å²) in [6.45, 7) is 3.71. The number of ether oxygens (including phenoxy) is 1. The van der Waals surface area contributed by atoms with Crippen molar-refractivity contribution in [3.05, 3.63) is 58.2 Å². The van der Waals surface area contributed by atoms with Gasteiger partial charge in [-0.05, 0) is 37.6 Å².